The molecule has 222 valence electrons. The summed E-state index contributed by atoms with van der Waals surface area (Å²) in [5.41, 5.74) is 8.86. The lowest BCUT2D eigenvalue weighted by molar-refractivity contribution is -0.227. The van der Waals surface area contributed by atoms with Crippen LogP contribution >= 0.6 is 0 Å². The van der Waals surface area contributed by atoms with Gasteiger partial charge in [-0.1, -0.05) is 25.7 Å². The van der Waals surface area contributed by atoms with Gasteiger partial charge in [0.05, 0.1) is 17.1 Å². The van der Waals surface area contributed by atoms with Crippen molar-refractivity contribution in [2.75, 3.05) is 6.61 Å². The maximum Gasteiger partial charge on any atom is 0.414 e. The number of aromatic nitrogens is 2. The highest BCUT2D eigenvalue weighted by Crippen LogP contribution is 2.40. The minimum Gasteiger partial charge on any atom is -0.598 e. The number of nitrogens with zero attached hydrogens (tertiary/aromatic N) is 2. The summed E-state index contributed by atoms with van der Waals surface area (Å²) in [6.45, 7) is 15.4. The van der Waals surface area contributed by atoms with Crippen LogP contribution in [0.3, 0.4) is 0 Å². The lowest BCUT2D eigenvalue weighted by atomic mass is 10.0. The summed E-state index contributed by atoms with van der Waals surface area (Å²) in [4.78, 5) is 4.87. The highest BCUT2D eigenvalue weighted by Gasteiger charge is 2.42. The maximum absolute atomic E-state index is 13.4. The second kappa shape index (κ2) is 12.4. The summed E-state index contributed by atoms with van der Waals surface area (Å²) in [5.74, 6) is 0.865. The first-order valence-electron chi connectivity index (χ1n) is 13.6. The monoisotopic (exact) mass is 590 g/mol. The first-order chi connectivity index (χ1) is 17.9. The first-order valence-corrected chi connectivity index (χ1v) is 18.5. The van der Waals surface area contributed by atoms with E-state index < -0.39 is 48.6 Å². The van der Waals surface area contributed by atoms with Crippen LogP contribution in [0.15, 0.2) is 18.2 Å². The molecule has 3 N–H and O–H groups in total. The van der Waals surface area contributed by atoms with Crippen molar-refractivity contribution in [3.05, 3.63) is 29.6 Å². The Hall–Kier alpha value is -1.15. The standard InChI is InChI=1S/C27H45F3N4O3SSi/c1-17(37-18(2)27(28,29)30)24(33-38(35)26(3,4)5)25-32-21-15-20(23(31)19-9-10-19)11-12-22(21)34(25)16-36-13-14-39(6,7)8/h11-12,15,17-19,23-24,33H,9-10,13-14,16,31H2,1-8H3/t17-,18+,23-,24+,38?/m1/s1. The van der Waals surface area contributed by atoms with Crippen molar-refractivity contribution < 1.29 is 27.2 Å². The molecule has 7 nitrogen and oxygen atoms in total. The van der Waals surface area contributed by atoms with Crippen molar-refractivity contribution in [3.8, 4) is 0 Å². The SMILES string of the molecule is C[C@H](O[C@H](C)[C@H](N[S+]([O-])C(C)(C)C)c1nc2cc([C@H](N)C3CC3)ccc2n1COCC[Si](C)(C)C)C(F)(F)F. The molecule has 0 saturated heterocycles. The Morgan fingerprint density at radius 2 is 1.85 bits per heavy atom. The number of nitrogens with one attached hydrogen (secondary N) is 1. The molecule has 39 heavy (non-hydrogen) atoms. The predicted molar refractivity (Wildman–Crippen MR) is 153 cm³/mol. The van der Waals surface area contributed by atoms with Gasteiger partial charge in [-0.3, -0.25) is 0 Å². The Kier molecular flexibility index (Phi) is 10.3. The average Bonchev–Trinajstić information content (AvgIpc) is 3.59. The van der Waals surface area contributed by atoms with E-state index in [4.69, 9.17) is 20.2 Å². The molecule has 5 atom stereocenters. The molecule has 2 aromatic rings. The van der Waals surface area contributed by atoms with Gasteiger partial charge in [0, 0.05) is 32.1 Å². The highest BCUT2D eigenvalue weighted by atomic mass is 32.2. The lowest BCUT2D eigenvalue weighted by Gasteiger charge is -2.32. The van der Waals surface area contributed by atoms with Crippen LogP contribution in [0.25, 0.3) is 11.0 Å². The van der Waals surface area contributed by atoms with Crippen LogP contribution in [-0.4, -0.2) is 51.9 Å². The molecule has 3 rings (SSSR count). The van der Waals surface area contributed by atoms with Crippen molar-refractivity contribution in [1.82, 2.24) is 14.3 Å². The van der Waals surface area contributed by atoms with Gasteiger partial charge in [-0.15, -0.1) is 4.72 Å². The number of hydrogen-bond acceptors (Lipinski definition) is 6. The van der Waals surface area contributed by atoms with Crippen molar-refractivity contribution in [1.29, 1.82) is 0 Å². The number of fused-ring (bicyclic) bond motifs is 1. The molecule has 1 heterocycles. The Balaban J connectivity index is 2.04. The van der Waals surface area contributed by atoms with Gasteiger partial charge in [-0.25, -0.2) is 4.98 Å². The molecule has 0 aliphatic heterocycles. The fourth-order valence-corrected chi connectivity index (χ4v) is 5.77. The summed E-state index contributed by atoms with van der Waals surface area (Å²) in [7, 11) is -1.33. The van der Waals surface area contributed by atoms with Gasteiger partial charge in [0.1, 0.15) is 23.3 Å². The quantitative estimate of drug-likeness (QED) is 0.164. The van der Waals surface area contributed by atoms with E-state index in [1.165, 1.54) is 0 Å². The van der Waals surface area contributed by atoms with E-state index in [-0.39, 0.29) is 12.8 Å². The molecule has 0 radical (unpaired) electrons. The highest BCUT2D eigenvalue weighted by molar-refractivity contribution is 7.90. The fourth-order valence-electron chi connectivity index (χ4n) is 4.14. The Labute approximate surface area is 234 Å². The van der Waals surface area contributed by atoms with Crippen molar-refractivity contribution in [3.63, 3.8) is 0 Å². The Bertz CT molecular complexity index is 1100. The normalized spacial score (nSPS) is 19.2. The number of rotatable bonds is 13. The third-order valence-corrected chi connectivity index (χ3v) is 10.2. The number of ether oxygens (including phenoxy) is 2. The van der Waals surface area contributed by atoms with E-state index in [2.05, 4.69) is 24.4 Å². The summed E-state index contributed by atoms with van der Waals surface area (Å²) in [6, 6.07) is 5.84. The zero-order valence-corrected chi connectivity index (χ0v) is 26.2. The summed E-state index contributed by atoms with van der Waals surface area (Å²) in [5, 5.41) is 0. The molecule has 0 amide bonds. The minimum absolute atomic E-state index is 0.0896. The molecule has 12 heteroatoms. The molecule has 1 aromatic carbocycles. The Morgan fingerprint density at radius 1 is 1.21 bits per heavy atom. The van der Waals surface area contributed by atoms with Gasteiger partial charge >= 0.3 is 6.18 Å². The third kappa shape index (κ3) is 8.91. The zero-order chi connectivity index (χ0) is 29.3. The molecule has 1 aliphatic rings. The number of nitrogens with two attached hydrogens (primary N) is 1. The third-order valence-electron chi connectivity index (χ3n) is 6.95. The average molecular weight is 591 g/mol. The van der Waals surface area contributed by atoms with Crippen LogP contribution in [0.2, 0.25) is 25.7 Å². The minimum atomic E-state index is -4.53. The number of hydrogen-bond donors (Lipinski definition) is 2. The van der Waals surface area contributed by atoms with Gasteiger partial charge in [0.2, 0.25) is 0 Å². The second-order valence-corrected chi connectivity index (χ2v) is 20.5. The van der Waals surface area contributed by atoms with Crippen LogP contribution in [0.1, 0.15) is 70.9 Å². The smallest absolute Gasteiger partial charge is 0.414 e. The molecular weight excluding hydrogens is 545 g/mol. The molecule has 1 unspecified atom stereocenters. The van der Waals surface area contributed by atoms with Gasteiger partial charge in [-0.2, -0.15) is 13.2 Å². The van der Waals surface area contributed by atoms with Crippen molar-refractivity contribution in [2.24, 2.45) is 11.7 Å². The van der Waals surface area contributed by atoms with Crippen LogP contribution < -0.4 is 10.5 Å². The van der Waals surface area contributed by atoms with Crippen molar-refractivity contribution in [2.45, 2.75) is 115 Å². The van der Waals surface area contributed by atoms with E-state index in [1.54, 1.807) is 27.7 Å². The van der Waals surface area contributed by atoms with Crippen LogP contribution in [0.4, 0.5) is 13.2 Å². The molecule has 0 bridgehead atoms. The molecule has 1 aliphatic carbocycles. The van der Waals surface area contributed by atoms with E-state index >= 15 is 0 Å². The molecule has 1 saturated carbocycles. The second-order valence-electron chi connectivity index (χ2n) is 12.9. The zero-order valence-electron chi connectivity index (χ0n) is 24.4. The fraction of sp³-hybridized carbons (Fsp3) is 0.741. The van der Waals surface area contributed by atoms with Gasteiger partial charge in [0.25, 0.3) is 0 Å². The van der Waals surface area contributed by atoms with Crippen LogP contribution in [-0.2, 0) is 27.6 Å². The van der Waals surface area contributed by atoms with Crippen molar-refractivity contribution >= 4 is 30.5 Å². The predicted octanol–water partition coefficient (Wildman–Crippen LogP) is 6.21. The number of alkyl halides is 3. The topological polar surface area (TPSA) is 97.4 Å². The number of halogens is 3. The van der Waals surface area contributed by atoms with Gasteiger partial charge < -0.3 is 24.3 Å². The van der Waals surface area contributed by atoms with E-state index in [0.717, 1.165) is 36.9 Å². The summed E-state index contributed by atoms with van der Waals surface area (Å²) < 4.78 is 69.2. The van der Waals surface area contributed by atoms with Crippen LogP contribution in [0, 0.1) is 5.92 Å². The number of imidazole rings is 1. The lowest BCUT2D eigenvalue weighted by Crippen LogP contribution is -2.47. The molecule has 0 spiro atoms. The number of benzene rings is 1. The summed E-state index contributed by atoms with van der Waals surface area (Å²) in [6.07, 6.45) is -5.34. The van der Waals surface area contributed by atoms with E-state index in [1.807, 2.05) is 22.8 Å². The largest absolute Gasteiger partial charge is 0.598 e. The molecular formula is C27H45F3N4O3SSi. The Morgan fingerprint density at radius 3 is 2.38 bits per heavy atom. The maximum atomic E-state index is 13.4. The van der Waals surface area contributed by atoms with Crippen LogP contribution in [0.5, 0.6) is 0 Å². The van der Waals surface area contributed by atoms with E-state index in [0.29, 0.717) is 23.9 Å². The summed E-state index contributed by atoms with van der Waals surface area (Å²) >= 11 is -1.60. The first kappa shape index (κ1) is 32.4. The van der Waals surface area contributed by atoms with Gasteiger partial charge in [-0.05, 0) is 77.1 Å². The van der Waals surface area contributed by atoms with E-state index in [9.17, 15) is 17.7 Å². The van der Waals surface area contributed by atoms with Gasteiger partial charge in [0.15, 0.2) is 6.10 Å². The molecule has 1 aromatic heterocycles. The molecule has 1 fully saturated rings.